The van der Waals surface area contributed by atoms with E-state index < -0.39 is 10.1 Å². The van der Waals surface area contributed by atoms with Crippen molar-refractivity contribution in [2.75, 3.05) is 32.6 Å². The van der Waals surface area contributed by atoms with Gasteiger partial charge in [-0.1, -0.05) is 0 Å². The van der Waals surface area contributed by atoms with Gasteiger partial charge in [-0.2, -0.15) is 8.42 Å². The Bertz CT molecular complexity index is 177. The fourth-order valence-corrected chi connectivity index (χ4v) is 0.801. The lowest BCUT2D eigenvalue weighted by Crippen LogP contribution is -2.13. The van der Waals surface area contributed by atoms with Gasteiger partial charge in [0.05, 0.1) is 26.1 Å². The van der Waals surface area contributed by atoms with Gasteiger partial charge in [-0.05, 0) is 0 Å². The van der Waals surface area contributed by atoms with E-state index in [2.05, 4.69) is 4.18 Å². The molecule has 0 unspecified atom stereocenters. The molecule has 5 nitrogen and oxygen atoms in total. The Kier molecular flexibility index (Phi) is 5.39. The van der Waals surface area contributed by atoms with Crippen LogP contribution in [-0.2, 0) is 19.0 Å². The second-order valence-electron chi connectivity index (χ2n) is 1.93. The van der Waals surface area contributed by atoms with Gasteiger partial charge in [0.25, 0.3) is 10.1 Å². The van der Waals surface area contributed by atoms with Gasteiger partial charge in [-0.3, -0.25) is 4.18 Å². The smallest absolute Gasteiger partial charge is 0.264 e. The molecule has 0 bridgehead atoms. The Morgan fingerprint density at radius 3 is 2.36 bits per heavy atom. The number of ether oxygens (including phenoxy) is 1. The summed E-state index contributed by atoms with van der Waals surface area (Å²) < 4.78 is 30.0. The largest absolute Gasteiger partial charge is 0.378 e. The van der Waals surface area contributed by atoms with Crippen LogP contribution >= 0.6 is 0 Å². The van der Waals surface area contributed by atoms with Gasteiger partial charge < -0.3 is 10.5 Å². The zero-order chi connectivity index (χ0) is 8.74. The van der Waals surface area contributed by atoms with Crippen LogP contribution in [0.5, 0.6) is 0 Å². The van der Waals surface area contributed by atoms with Gasteiger partial charge in [-0.25, -0.2) is 0 Å². The molecule has 0 aromatic heterocycles. The van der Waals surface area contributed by atoms with Crippen LogP contribution in [0.25, 0.3) is 0 Å². The van der Waals surface area contributed by atoms with E-state index >= 15 is 0 Å². The van der Waals surface area contributed by atoms with Crippen molar-refractivity contribution in [2.24, 2.45) is 5.73 Å². The van der Waals surface area contributed by atoms with Crippen LogP contribution in [0.3, 0.4) is 0 Å². The average molecular weight is 183 g/mol. The molecule has 0 spiro atoms. The van der Waals surface area contributed by atoms with Crippen molar-refractivity contribution in [3.8, 4) is 0 Å². The maximum absolute atomic E-state index is 10.4. The molecule has 0 heterocycles. The highest BCUT2D eigenvalue weighted by molar-refractivity contribution is 7.85. The van der Waals surface area contributed by atoms with Gasteiger partial charge in [0, 0.05) is 6.54 Å². The second kappa shape index (κ2) is 5.48. The number of hydrogen-bond donors (Lipinski definition) is 1. The Morgan fingerprint density at radius 1 is 1.27 bits per heavy atom. The van der Waals surface area contributed by atoms with E-state index in [1.54, 1.807) is 0 Å². The third-order valence-electron chi connectivity index (χ3n) is 0.787. The molecule has 0 aliphatic rings. The molecule has 0 atom stereocenters. The number of nitrogens with two attached hydrogens (primary N) is 1. The average Bonchev–Trinajstić information content (AvgIpc) is 1.85. The van der Waals surface area contributed by atoms with Crippen LogP contribution in [0, 0.1) is 0 Å². The minimum atomic E-state index is -3.32. The molecule has 0 amide bonds. The fraction of sp³-hybridized carbons (Fsp3) is 1.00. The zero-order valence-electron chi connectivity index (χ0n) is 6.45. The normalized spacial score (nSPS) is 11.8. The Hall–Kier alpha value is -0.170. The molecule has 0 radical (unpaired) electrons. The molecular formula is C5H13NO4S. The quantitative estimate of drug-likeness (QED) is 0.419. The van der Waals surface area contributed by atoms with Gasteiger partial charge in [0.2, 0.25) is 0 Å². The molecule has 0 aliphatic heterocycles. The lowest BCUT2D eigenvalue weighted by atomic mass is 10.7. The van der Waals surface area contributed by atoms with Crippen LogP contribution in [0.4, 0.5) is 0 Å². The first-order valence-electron chi connectivity index (χ1n) is 3.18. The number of rotatable bonds is 6. The summed E-state index contributed by atoms with van der Waals surface area (Å²) in [5.41, 5.74) is 5.11. The summed E-state index contributed by atoms with van der Waals surface area (Å²) in [6.45, 7) is 1.16. The highest BCUT2D eigenvalue weighted by atomic mass is 32.2. The van der Waals surface area contributed by atoms with Crippen LogP contribution in [-0.4, -0.2) is 41.0 Å². The molecule has 11 heavy (non-hydrogen) atoms. The zero-order valence-corrected chi connectivity index (χ0v) is 7.26. The maximum atomic E-state index is 10.4. The van der Waals surface area contributed by atoms with Crippen molar-refractivity contribution in [1.82, 2.24) is 0 Å². The van der Waals surface area contributed by atoms with Gasteiger partial charge in [0.15, 0.2) is 0 Å². The summed E-state index contributed by atoms with van der Waals surface area (Å²) >= 11 is 0. The molecule has 2 N–H and O–H groups in total. The first-order chi connectivity index (χ1) is 5.06. The van der Waals surface area contributed by atoms with E-state index in [4.69, 9.17) is 10.5 Å². The second-order valence-corrected chi connectivity index (χ2v) is 3.57. The van der Waals surface area contributed by atoms with Crippen molar-refractivity contribution in [1.29, 1.82) is 0 Å². The summed E-state index contributed by atoms with van der Waals surface area (Å²) in [5.74, 6) is 0. The standard InChI is InChI=1S/C5H13NO4S/c1-11(7,8)10-5-4-9-3-2-6/h2-6H2,1H3. The van der Waals surface area contributed by atoms with Crippen molar-refractivity contribution >= 4 is 10.1 Å². The summed E-state index contributed by atoms with van der Waals surface area (Å²) in [4.78, 5) is 0. The van der Waals surface area contributed by atoms with Crippen molar-refractivity contribution in [3.63, 3.8) is 0 Å². The third-order valence-corrected chi connectivity index (χ3v) is 1.38. The molecule has 0 aliphatic carbocycles. The molecule has 0 aromatic rings. The predicted molar refractivity (Wildman–Crippen MR) is 40.7 cm³/mol. The first-order valence-corrected chi connectivity index (χ1v) is 5.00. The third kappa shape index (κ3) is 9.83. The molecule has 6 heteroatoms. The lowest BCUT2D eigenvalue weighted by Gasteiger charge is -2.01. The molecule has 0 aromatic carbocycles. The van der Waals surface area contributed by atoms with Crippen LogP contribution < -0.4 is 5.73 Å². The summed E-state index contributed by atoms with van der Waals surface area (Å²) in [6.07, 6.45) is 0.996. The summed E-state index contributed by atoms with van der Waals surface area (Å²) in [7, 11) is -3.32. The molecular weight excluding hydrogens is 170 g/mol. The van der Waals surface area contributed by atoms with Crippen molar-refractivity contribution in [2.45, 2.75) is 0 Å². The van der Waals surface area contributed by atoms with Crippen LogP contribution in [0.15, 0.2) is 0 Å². The van der Waals surface area contributed by atoms with Crippen LogP contribution in [0.1, 0.15) is 0 Å². The number of hydrogen-bond acceptors (Lipinski definition) is 5. The topological polar surface area (TPSA) is 78.6 Å². The van der Waals surface area contributed by atoms with E-state index in [1.807, 2.05) is 0 Å². The summed E-state index contributed by atoms with van der Waals surface area (Å²) in [6, 6.07) is 0. The van der Waals surface area contributed by atoms with E-state index in [0.717, 1.165) is 6.26 Å². The lowest BCUT2D eigenvalue weighted by molar-refractivity contribution is 0.108. The van der Waals surface area contributed by atoms with Crippen LogP contribution in [0.2, 0.25) is 0 Å². The van der Waals surface area contributed by atoms with Crippen molar-refractivity contribution < 1.29 is 17.3 Å². The Balaban J connectivity index is 3.16. The Labute approximate surface area is 66.6 Å². The van der Waals surface area contributed by atoms with E-state index in [1.165, 1.54) is 0 Å². The van der Waals surface area contributed by atoms with E-state index in [-0.39, 0.29) is 13.2 Å². The minimum absolute atomic E-state index is 0.0544. The molecule has 0 saturated carbocycles. The minimum Gasteiger partial charge on any atom is -0.378 e. The summed E-state index contributed by atoms with van der Waals surface area (Å²) in [5, 5.41) is 0. The highest BCUT2D eigenvalue weighted by Gasteiger charge is 1.99. The SMILES string of the molecule is CS(=O)(=O)OCCOCCN. The monoisotopic (exact) mass is 183 g/mol. The highest BCUT2D eigenvalue weighted by Crippen LogP contribution is 1.85. The molecule has 68 valence electrons. The maximum Gasteiger partial charge on any atom is 0.264 e. The fourth-order valence-electron chi connectivity index (χ4n) is 0.430. The predicted octanol–water partition coefficient (Wildman–Crippen LogP) is -1.06. The van der Waals surface area contributed by atoms with Crippen molar-refractivity contribution in [3.05, 3.63) is 0 Å². The van der Waals surface area contributed by atoms with Gasteiger partial charge >= 0.3 is 0 Å². The van der Waals surface area contributed by atoms with E-state index in [0.29, 0.717) is 13.2 Å². The molecule has 0 fully saturated rings. The van der Waals surface area contributed by atoms with Gasteiger partial charge in [-0.15, -0.1) is 0 Å². The first kappa shape index (κ1) is 10.8. The van der Waals surface area contributed by atoms with E-state index in [9.17, 15) is 8.42 Å². The molecule has 0 saturated heterocycles. The van der Waals surface area contributed by atoms with Gasteiger partial charge in [0.1, 0.15) is 0 Å². The molecule has 0 rings (SSSR count). The Morgan fingerprint density at radius 2 is 1.91 bits per heavy atom.